The summed E-state index contributed by atoms with van der Waals surface area (Å²) in [6.45, 7) is 3.92. The van der Waals surface area contributed by atoms with Gasteiger partial charge in [0.2, 0.25) is 0 Å². The molecule has 0 saturated heterocycles. The van der Waals surface area contributed by atoms with Crippen molar-refractivity contribution in [1.82, 2.24) is 10.3 Å². The number of rotatable bonds is 5. The van der Waals surface area contributed by atoms with E-state index in [4.69, 9.17) is 11.6 Å². The predicted molar refractivity (Wildman–Crippen MR) is 77.2 cm³/mol. The Morgan fingerprint density at radius 1 is 1.22 bits per heavy atom. The second kappa shape index (κ2) is 6.78. The summed E-state index contributed by atoms with van der Waals surface area (Å²) in [6, 6.07) is 11.9. The zero-order valence-electron chi connectivity index (χ0n) is 10.2. The van der Waals surface area contributed by atoms with Gasteiger partial charge in [-0.05, 0) is 30.3 Å². The molecule has 0 radical (unpaired) electrons. The van der Waals surface area contributed by atoms with Crippen LogP contribution in [0.2, 0.25) is 5.02 Å². The zero-order valence-corrected chi connectivity index (χ0v) is 11.8. The standard InChI is InChI=1S/C14H15ClN2S/c1-2-16-9-11-7-8-14(17-10-11)18-13-6-4-3-5-12(13)15/h3-8,10,16H,2,9H2,1H3. The molecule has 0 amide bonds. The van der Waals surface area contributed by atoms with E-state index in [9.17, 15) is 0 Å². The molecule has 94 valence electrons. The lowest BCUT2D eigenvalue weighted by atomic mass is 10.3. The van der Waals surface area contributed by atoms with Gasteiger partial charge in [0.25, 0.3) is 0 Å². The smallest absolute Gasteiger partial charge is 0.101 e. The van der Waals surface area contributed by atoms with Crippen LogP contribution in [0, 0.1) is 0 Å². The van der Waals surface area contributed by atoms with Crippen molar-refractivity contribution < 1.29 is 0 Å². The van der Waals surface area contributed by atoms with Crippen molar-refractivity contribution in [2.75, 3.05) is 6.54 Å². The van der Waals surface area contributed by atoms with E-state index in [-0.39, 0.29) is 0 Å². The lowest BCUT2D eigenvalue weighted by Gasteiger charge is -2.05. The van der Waals surface area contributed by atoms with E-state index in [1.54, 1.807) is 11.8 Å². The Hall–Kier alpha value is -1.03. The molecule has 1 aromatic heterocycles. The second-order valence-electron chi connectivity index (χ2n) is 3.82. The maximum atomic E-state index is 6.12. The van der Waals surface area contributed by atoms with Crippen molar-refractivity contribution in [2.24, 2.45) is 0 Å². The van der Waals surface area contributed by atoms with Gasteiger partial charge in [0.05, 0.1) is 5.02 Å². The van der Waals surface area contributed by atoms with Crippen LogP contribution in [0.25, 0.3) is 0 Å². The van der Waals surface area contributed by atoms with Gasteiger partial charge in [-0.15, -0.1) is 0 Å². The minimum atomic E-state index is 0.765. The van der Waals surface area contributed by atoms with Gasteiger partial charge in [0.15, 0.2) is 0 Å². The highest BCUT2D eigenvalue weighted by Crippen LogP contribution is 2.31. The molecule has 0 unspecified atom stereocenters. The lowest BCUT2D eigenvalue weighted by molar-refractivity contribution is 0.723. The number of pyridine rings is 1. The number of halogens is 1. The molecule has 1 aromatic carbocycles. The van der Waals surface area contributed by atoms with Crippen molar-refractivity contribution >= 4 is 23.4 Å². The normalized spacial score (nSPS) is 10.6. The van der Waals surface area contributed by atoms with Crippen LogP contribution in [0.4, 0.5) is 0 Å². The third-order valence-electron chi connectivity index (χ3n) is 2.43. The van der Waals surface area contributed by atoms with Crippen molar-refractivity contribution in [3.63, 3.8) is 0 Å². The highest BCUT2D eigenvalue weighted by molar-refractivity contribution is 7.99. The Bertz CT molecular complexity index is 499. The Balaban J connectivity index is 2.04. The Labute approximate surface area is 117 Å². The third kappa shape index (κ3) is 3.73. The monoisotopic (exact) mass is 278 g/mol. The van der Waals surface area contributed by atoms with Crippen molar-refractivity contribution in [3.05, 3.63) is 53.2 Å². The summed E-state index contributed by atoms with van der Waals surface area (Å²) in [5.74, 6) is 0. The number of hydrogen-bond acceptors (Lipinski definition) is 3. The topological polar surface area (TPSA) is 24.9 Å². The molecular weight excluding hydrogens is 264 g/mol. The molecule has 0 aliphatic rings. The third-order valence-corrected chi connectivity index (χ3v) is 3.90. The van der Waals surface area contributed by atoms with E-state index in [2.05, 4.69) is 23.3 Å². The summed E-state index contributed by atoms with van der Waals surface area (Å²) in [4.78, 5) is 5.47. The Kier molecular flexibility index (Phi) is 5.05. The number of nitrogens with zero attached hydrogens (tertiary/aromatic N) is 1. The molecule has 0 fully saturated rings. The van der Waals surface area contributed by atoms with Crippen LogP contribution in [0.15, 0.2) is 52.5 Å². The molecule has 18 heavy (non-hydrogen) atoms. The Morgan fingerprint density at radius 2 is 2.06 bits per heavy atom. The van der Waals surface area contributed by atoms with Crippen LogP contribution >= 0.6 is 23.4 Å². The Morgan fingerprint density at radius 3 is 2.72 bits per heavy atom. The second-order valence-corrected chi connectivity index (χ2v) is 5.29. The first kappa shape index (κ1) is 13.4. The number of nitrogens with one attached hydrogen (secondary N) is 1. The molecule has 0 saturated carbocycles. The van der Waals surface area contributed by atoms with E-state index in [0.717, 1.165) is 28.0 Å². The van der Waals surface area contributed by atoms with Gasteiger partial charge in [-0.25, -0.2) is 4.98 Å². The van der Waals surface area contributed by atoms with Crippen LogP contribution in [0.1, 0.15) is 12.5 Å². The van der Waals surface area contributed by atoms with Crippen LogP contribution in [0.5, 0.6) is 0 Å². The highest BCUT2D eigenvalue weighted by Gasteiger charge is 2.02. The van der Waals surface area contributed by atoms with E-state index >= 15 is 0 Å². The number of hydrogen-bond donors (Lipinski definition) is 1. The van der Waals surface area contributed by atoms with Crippen molar-refractivity contribution in [2.45, 2.75) is 23.4 Å². The fourth-order valence-electron chi connectivity index (χ4n) is 1.49. The van der Waals surface area contributed by atoms with E-state index < -0.39 is 0 Å². The number of aromatic nitrogens is 1. The van der Waals surface area contributed by atoms with Gasteiger partial charge in [-0.1, -0.05) is 48.5 Å². The average Bonchev–Trinajstić information content (AvgIpc) is 2.41. The van der Waals surface area contributed by atoms with E-state index in [0.29, 0.717) is 0 Å². The fourth-order valence-corrected chi connectivity index (χ4v) is 2.52. The zero-order chi connectivity index (χ0) is 12.8. The summed E-state index contributed by atoms with van der Waals surface area (Å²) in [5.41, 5.74) is 1.19. The maximum Gasteiger partial charge on any atom is 0.101 e. The van der Waals surface area contributed by atoms with Crippen LogP contribution < -0.4 is 5.32 Å². The van der Waals surface area contributed by atoms with Gasteiger partial charge in [0, 0.05) is 17.6 Å². The van der Waals surface area contributed by atoms with Crippen LogP contribution in [-0.2, 0) is 6.54 Å². The van der Waals surface area contributed by atoms with Gasteiger partial charge < -0.3 is 5.32 Å². The summed E-state index contributed by atoms with van der Waals surface area (Å²) >= 11 is 7.70. The quantitative estimate of drug-likeness (QED) is 0.895. The molecule has 1 N–H and O–H groups in total. The summed E-state index contributed by atoms with van der Waals surface area (Å²) in [5, 5.41) is 5.00. The average molecular weight is 279 g/mol. The molecule has 2 rings (SSSR count). The molecule has 2 nitrogen and oxygen atoms in total. The van der Waals surface area contributed by atoms with Gasteiger partial charge in [-0.3, -0.25) is 0 Å². The first-order valence-electron chi connectivity index (χ1n) is 5.87. The summed E-state index contributed by atoms with van der Waals surface area (Å²) in [7, 11) is 0. The minimum absolute atomic E-state index is 0.765. The van der Waals surface area contributed by atoms with Gasteiger partial charge in [-0.2, -0.15) is 0 Å². The van der Waals surface area contributed by atoms with E-state index in [1.807, 2.05) is 36.5 Å². The summed E-state index contributed by atoms with van der Waals surface area (Å²) < 4.78 is 0. The molecule has 2 aromatic rings. The van der Waals surface area contributed by atoms with Crippen LogP contribution in [0.3, 0.4) is 0 Å². The highest BCUT2D eigenvalue weighted by atomic mass is 35.5. The molecule has 0 aliphatic carbocycles. The molecule has 0 bridgehead atoms. The first-order chi connectivity index (χ1) is 8.79. The molecule has 0 aliphatic heterocycles. The predicted octanol–water partition coefficient (Wildman–Crippen LogP) is 4.00. The SMILES string of the molecule is CCNCc1ccc(Sc2ccccc2Cl)nc1. The van der Waals surface area contributed by atoms with E-state index in [1.165, 1.54) is 5.56 Å². The van der Waals surface area contributed by atoms with Crippen molar-refractivity contribution in [1.29, 1.82) is 0 Å². The number of benzene rings is 1. The van der Waals surface area contributed by atoms with Crippen molar-refractivity contribution in [3.8, 4) is 0 Å². The lowest BCUT2D eigenvalue weighted by Crippen LogP contribution is -2.11. The molecule has 0 atom stereocenters. The summed E-state index contributed by atoms with van der Waals surface area (Å²) in [6.07, 6.45) is 1.90. The molecule has 1 heterocycles. The molecular formula is C14H15ClN2S. The van der Waals surface area contributed by atoms with Gasteiger partial charge in [0.1, 0.15) is 5.03 Å². The maximum absolute atomic E-state index is 6.12. The fraction of sp³-hybridized carbons (Fsp3) is 0.214. The molecule has 0 spiro atoms. The first-order valence-corrected chi connectivity index (χ1v) is 7.07. The molecule has 4 heteroatoms. The minimum Gasteiger partial charge on any atom is -0.313 e. The largest absolute Gasteiger partial charge is 0.313 e. The van der Waals surface area contributed by atoms with Gasteiger partial charge >= 0.3 is 0 Å². The van der Waals surface area contributed by atoms with Crippen LogP contribution in [-0.4, -0.2) is 11.5 Å².